The number of amides is 1. The van der Waals surface area contributed by atoms with Crippen molar-refractivity contribution in [2.45, 2.75) is 58.5 Å². The Hall–Kier alpha value is -2.60. The van der Waals surface area contributed by atoms with Gasteiger partial charge < -0.3 is 10.1 Å². The van der Waals surface area contributed by atoms with Crippen molar-refractivity contribution in [3.63, 3.8) is 0 Å². The standard InChI is InChI=1S/C24H30N2O4/c1-4-15-12-18-13-17(23(28)16-6-9-20(30-3)10-7-16)8-11-21(18)26-22(15)24(29)25-14-19(27)5-2/h8,11-13,16,20H,4-7,9-10,14H2,1-3H3,(H,25,29). The van der Waals surface area contributed by atoms with E-state index in [9.17, 15) is 14.4 Å². The van der Waals surface area contributed by atoms with Crippen LogP contribution in [0.4, 0.5) is 0 Å². The SMILES string of the molecule is CCC(=O)CNC(=O)c1nc2ccc(C(=O)C3CCC(OC)CC3)cc2cc1CC. The maximum absolute atomic E-state index is 13.0. The molecular weight excluding hydrogens is 380 g/mol. The van der Waals surface area contributed by atoms with Crippen molar-refractivity contribution in [2.24, 2.45) is 5.92 Å². The van der Waals surface area contributed by atoms with Crippen LogP contribution >= 0.6 is 0 Å². The number of carbonyl (C=O) groups is 3. The maximum Gasteiger partial charge on any atom is 0.270 e. The second-order valence-electron chi connectivity index (χ2n) is 7.91. The molecule has 1 aromatic carbocycles. The zero-order valence-electron chi connectivity index (χ0n) is 18.0. The molecule has 1 fully saturated rings. The first kappa shape index (κ1) is 22.1. The molecule has 0 unspecified atom stereocenters. The number of methoxy groups -OCH3 is 1. The summed E-state index contributed by atoms with van der Waals surface area (Å²) in [7, 11) is 1.73. The Labute approximate surface area is 177 Å². The highest BCUT2D eigenvalue weighted by Gasteiger charge is 2.27. The third kappa shape index (κ3) is 4.93. The van der Waals surface area contributed by atoms with Crippen molar-refractivity contribution in [1.82, 2.24) is 10.3 Å². The van der Waals surface area contributed by atoms with E-state index in [1.165, 1.54) is 0 Å². The van der Waals surface area contributed by atoms with E-state index >= 15 is 0 Å². The normalized spacial score (nSPS) is 18.9. The van der Waals surface area contributed by atoms with Crippen LogP contribution in [0.3, 0.4) is 0 Å². The molecule has 1 aromatic heterocycles. The summed E-state index contributed by atoms with van der Waals surface area (Å²) in [6.07, 6.45) is 4.82. The number of hydrogen-bond acceptors (Lipinski definition) is 5. The van der Waals surface area contributed by atoms with Crippen molar-refractivity contribution in [3.8, 4) is 0 Å². The number of ether oxygens (including phenoxy) is 1. The molecule has 0 radical (unpaired) electrons. The Kier molecular flexibility index (Phi) is 7.32. The van der Waals surface area contributed by atoms with Gasteiger partial charge in [-0.2, -0.15) is 0 Å². The molecule has 1 amide bonds. The summed E-state index contributed by atoms with van der Waals surface area (Å²) in [5.41, 5.74) is 2.50. The highest BCUT2D eigenvalue weighted by Crippen LogP contribution is 2.29. The highest BCUT2D eigenvalue weighted by atomic mass is 16.5. The van der Waals surface area contributed by atoms with Crippen LogP contribution in [0.15, 0.2) is 24.3 Å². The van der Waals surface area contributed by atoms with Crippen molar-refractivity contribution >= 4 is 28.4 Å². The number of pyridine rings is 1. The number of nitrogens with one attached hydrogen (secondary N) is 1. The number of nitrogens with zero attached hydrogens (tertiary/aromatic N) is 1. The number of benzene rings is 1. The molecule has 0 saturated heterocycles. The highest BCUT2D eigenvalue weighted by molar-refractivity contribution is 6.02. The van der Waals surface area contributed by atoms with E-state index in [0.717, 1.165) is 36.6 Å². The molecule has 1 N–H and O–H groups in total. The minimum Gasteiger partial charge on any atom is -0.381 e. The van der Waals surface area contributed by atoms with Gasteiger partial charge >= 0.3 is 0 Å². The van der Waals surface area contributed by atoms with Gasteiger partial charge in [0.05, 0.1) is 18.2 Å². The molecule has 1 heterocycles. The van der Waals surface area contributed by atoms with E-state index in [4.69, 9.17) is 4.74 Å². The molecule has 0 bridgehead atoms. The van der Waals surface area contributed by atoms with Crippen molar-refractivity contribution in [2.75, 3.05) is 13.7 Å². The van der Waals surface area contributed by atoms with Gasteiger partial charge in [0, 0.05) is 30.4 Å². The lowest BCUT2D eigenvalue weighted by atomic mass is 9.82. The number of rotatable bonds is 8. The molecule has 1 aliphatic carbocycles. The molecule has 0 atom stereocenters. The molecule has 6 heteroatoms. The summed E-state index contributed by atoms with van der Waals surface area (Å²) >= 11 is 0. The average Bonchev–Trinajstić information content (AvgIpc) is 2.80. The smallest absolute Gasteiger partial charge is 0.270 e. The predicted molar refractivity (Wildman–Crippen MR) is 116 cm³/mol. The summed E-state index contributed by atoms with van der Waals surface area (Å²) in [6, 6.07) is 7.41. The van der Waals surface area contributed by atoms with E-state index in [0.29, 0.717) is 29.6 Å². The van der Waals surface area contributed by atoms with E-state index in [1.807, 2.05) is 19.1 Å². The predicted octanol–water partition coefficient (Wildman–Crippen LogP) is 3.89. The Balaban J connectivity index is 1.82. The zero-order chi connectivity index (χ0) is 21.7. The van der Waals surface area contributed by atoms with Crippen LogP contribution in [0.2, 0.25) is 0 Å². The van der Waals surface area contributed by atoms with Gasteiger partial charge in [0.25, 0.3) is 5.91 Å². The average molecular weight is 411 g/mol. The largest absolute Gasteiger partial charge is 0.381 e. The van der Waals surface area contributed by atoms with E-state index in [2.05, 4.69) is 10.3 Å². The molecule has 2 aromatic rings. The Morgan fingerprint density at radius 2 is 1.83 bits per heavy atom. The van der Waals surface area contributed by atoms with E-state index in [-0.39, 0.29) is 36.0 Å². The summed E-state index contributed by atoms with van der Waals surface area (Å²) in [5.74, 6) is -0.159. The molecule has 0 spiro atoms. The second-order valence-corrected chi connectivity index (χ2v) is 7.91. The molecule has 160 valence electrons. The number of carbonyl (C=O) groups excluding carboxylic acids is 3. The third-order valence-corrected chi connectivity index (χ3v) is 5.99. The number of hydrogen-bond donors (Lipinski definition) is 1. The van der Waals surface area contributed by atoms with Gasteiger partial charge in [-0.3, -0.25) is 14.4 Å². The number of aromatic nitrogens is 1. The fraction of sp³-hybridized carbons (Fsp3) is 0.500. The first-order valence-electron chi connectivity index (χ1n) is 10.8. The van der Waals surface area contributed by atoms with Gasteiger partial charge in [-0.1, -0.05) is 13.8 Å². The first-order chi connectivity index (χ1) is 14.5. The molecule has 3 rings (SSSR count). The number of aryl methyl sites for hydroxylation is 1. The van der Waals surface area contributed by atoms with Crippen molar-refractivity contribution in [3.05, 3.63) is 41.1 Å². The minimum absolute atomic E-state index is 0.0109. The van der Waals surface area contributed by atoms with Crippen LogP contribution < -0.4 is 5.32 Å². The number of Topliss-reactive ketones (excluding diaryl/α,β-unsaturated/α-hetero) is 2. The molecule has 1 saturated carbocycles. The van der Waals surface area contributed by atoms with Gasteiger partial charge in [0.1, 0.15) is 5.69 Å². The topological polar surface area (TPSA) is 85.4 Å². The van der Waals surface area contributed by atoms with Crippen molar-refractivity contribution < 1.29 is 19.1 Å². The summed E-state index contributed by atoms with van der Waals surface area (Å²) in [5, 5.41) is 3.51. The van der Waals surface area contributed by atoms with E-state index in [1.54, 1.807) is 26.2 Å². The summed E-state index contributed by atoms with van der Waals surface area (Å²) in [4.78, 5) is 41.6. The van der Waals surface area contributed by atoms with Crippen LogP contribution in [-0.4, -0.2) is 42.2 Å². The lowest BCUT2D eigenvalue weighted by Gasteiger charge is -2.26. The lowest BCUT2D eigenvalue weighted by Crippen LogP contribution is -2.30. The molecular formula is C24H30N2O4. The van der Waals surface area contributed by atoms with Crippen LogP contribution in [-0.2, 0) is 16.0 Å². The fourth-order valence-electron chi connectivity index (χ4n) is 4.02. The van der Waals surface area contributed by atoms with Gasteiger partial charge in [-0.05, 0) is 61.9 Å². The molecule has 0 aliphatic heterocycles. The molecule has 30 heavy (non-hydrogen) atoms. The Morgan fingerprint density at radius 1 is 1.10 bits per heavy atom. The number of ketones is 2. The lowest BCUT2D eigenvalue weighted by molar-refractivity contribution is -0.117. The van der Waals surface area contributed by atoms with Gasteiger partial charge in [-0.25, -0.2) is 4.98 Å². The third-order valence-electron chi connectivity index (χ3n) is 5.99. The van der Waals surface area contributed by atoms with E-state index < -0.39 is 0 Å². The van der Waals surface area contributed by atoms with Crippen LogP contribution in [0.5, 0.6) is 0 Å². The molecule has 6 nitrogen and oxygen atoms in total. The quantitative estimate of drug-likeness (QED) is 0.667. The molecule has 1 aliphatic rings. The Bertz CT molecular complexity index is 946. The fourth-order valence-corrected chi connectivity index (χ4v) is 4.02. The first-order valence-corrected chi connectivity index (χ1v) is 10.8. The van der Waals surface area contributed by atoms with Gasteiger partial charge in [0.2, 0.25) is 0 Å². The van der Waals surface area contributed by atoms with Crippen LogP contribution in [0.1, 0.15) is 72.4 Å². The van der Waals surface area contributed by atoms with Gasteiger partial charge in [-0.15, -0.1) is 0 Å². The summed E-state index contributed by atoms with van der Waals surface area (Å²) in [6.45, 7) is 3.74. The zero-order valence-corrected chi connectivity index (χ0v) is 18.0. The monoisotopic (exact) mass is 410 g/mol. The van der Waals surface area contributed by atoms with Crippen LogP contribution in [0.25, 0.3) is 10.9 Å². The van der Waals surface area contributed by atoms with Gasteiger partial charge in [0.15, 0.2) is 11.6 Å². The second kappa shape index (κ2) is 9.94. The minimum atomic E-state index is -0.342. The van der Waals surface area contributed by atoms with Crippen LogP contribution in [0, 0.1) is 5.92 Å². The number of fused-ring (bicyclic) bond motifs is 1. The maximum atomic E-state index is 13.0. The summed E-state index contributed by atoms with van der Waals surface area (Å²) < 4.78 is 5.40. The Morgan fingerprint density at radius 3 is 2.47 bits per heavy atom. The van der Waals surface area contributed by atoms with Crippen molar-refractivity contribution in [1.29, 1.82) is 0 Å².